The first-order chi connectivity index (χ1) is 11.2. The average Bonchev–Trinajstić information content (AvgIpc) is 3.06. The van der Waals surface area contributed by atoms with Crippen LogP contribution in [0.15, 0.2) is 36.4 Å². The first-order valence-corrected chi connectivity index (χ1v) is 8.36. The van der Waals surface area contributed by atoms with Crippen molar-refractivity contribution in [3.05, 3.63) is 47.5 Å². The van der Waals surface area contributed by atoms with E-state index in [1.807, 2.05) is 18.2 Å². The van der Waals surface area contributed by atoms with Crippen LogP contribution in [0.4, 0.5) is 11.4 Å². The normalized spacial score (nSPS) is 14.7. The minimum Gasteiger partial charge on any atom is -0.493 e. The molecule has 0 heterocycles. The maximum absolute atomic E-state index is 6.32. The van der Waals surface area contributed by atoms with Gasteiger partial charge in [-0.2, -0.15) is 0 Å². The molecule has 0 unspecified atom stereocenters. The second-order valence-electron chi connectivity index (χ2n) is 6.24. The zero-order valence-electron chi connectivity index (χ0n) is 14.2. The van der Waals surface area contributed by atoms with Crippen LogP contribution in [0.1, 0.15) is 36.8 Å². The molecule has 0 radical (unpaired) electrons. The highest BCUT2D eigenvalue weighted by atomic mass is 16.5. The Morgan fingerprint density at radius 2 is 1.70 bits per heavy atom. The summed E-state index contributed by atoms with van der Waals surface area (Å²) >= 11 is 0. The first kappa shape index (κ1) is 15.7. The minimum absolute atomic E-state index is 0.314. The summed E-state index contributed by atoms with van der Waals surface area (Å²) in [5, 5.41) is 3.49. The quantitative estimate of drug-likeness (QED) is 0.804. The van der Waals surface area contributed by atoms with E-state index in [-0.39, 0.29) is 0 Å². The van der Waals surface area contributed by atoms with Crippen LogP contribution in [0.2, 0.25) is 0 Å². The number of para-hydroxylation sites is 1. The van der Waals surface area contributed by atoms with E-state index in [4.69, 9.17) is 9.47 Å². The van der Waals surface area contributed by atoms with Crippen molar-refractivity contribution in [3.8, 4) is 11.5 Å². The maximum atomic E-state index is 6.32. The number of benzene rings is 2. The number of methoxy groups -OCH3 is 1. The highest BCUT2D eigenvalue weighted by molar-refractivity contribution is 5.70. The Hall–Kier alpha value is -2.16. The summed E-state index contributed by atoms with van der Waals surface area (Å²) in [6, 6.07) is 12.3. The lowest BCUT2D eigenvalue weighted by Crippen LogP contribution is -2.13. The van der Waals surface area contributed by atoms with Crippen LogP contribution in [0.5, 0.6) is 11.5 Å². The number of hydrogen-bond acceptors (Lipinski definition) is 3. The van der Waals surface area contributed by atoms with Crippen LogP contribution in [-0.2, 0) is 0 Å². The molecule has 0 bridgehead atoms. The number of ether oxygens (including phenoxy) is 2. The van der Waals surface area contributed by atoms with Crippen molar-refractivity contribution in [1.82, 2.24) is 0 Å². The SMILES string of the molecule is COc1c(C)cc(Nc2ccccc2)c(C)c1OC1CCCC1. The van der Waals surface area contributed by atoms with Crippen molar-refractivity contribution in [2.24, 2.45) is 0 Å². The number of rotatable bonds is 5. The molecule has 1 aliphatic rings. The zero-order valence-corrected chi connectivity index (χ0v) is 14.2. The molecule has 122 valence electrons. The topological polar surface area (TPSA) is 30.5 Å². The molecule has 2 aromatic rings. The molecule has 3 heteroatoms. The lowest BCUT2D eigenvalue weighted by atomic mass is 10.1. The van der Waals surface area contributed by atoms with E-state index < -0.39 is 0 Å². The summed E-state index contributed by atoms with van der Waals surface area (Å²) in [6.07, 6.45) is 5.10. The predicted octanol–water partition coefficient (Wildman–Crippen LogP) is 5.38. The molecule has 1 fully saturated rings. The third-order valence-corrected chi connectivity index (χ3v) is 4.51. The van der Waals surface area contributed by atoms with Crippen molar-refractivity contribution in [1.29, 1.82) is 0 Å². The lowest BCUT2D eigenvalue weighted by Gasteiger charge is -2.22. The molecule has 1 aliphatic carbocycles. The Kier molecular flexibility index (Phi) is 4.75. The van der Waals surface area contributed by atoms with Gasteiger partial charge >= 0.3 is 0 Å². The molecular weight excluding hydrogens is 286 g/mol. The molecule has 0 saturated heterocycles. The summed E-state index contributed by atoms with van der Waals surface area (Å²) in [7, 11) is 1.72. The van der Waals surface area contributed by atoms with Crippen LogP contribution in [0.3, 0.4) is 0 Å². The van der Waals surface area contributed by atoms with Crippen LogP contribution >= 0.6 is 0 Å². The molecule has 0 aliphatic heterocycles. The van der Waals surface area contributed by atoms with E-state index in [2.05, 4.69) is 37.4 Å². The fourth-order valence-corrected chi connectivity index (χ4v) is 3.24. The van der Waals surface area contributed by atoms with Gasteiger partial charge in [0.05, 0.1) is 13.2 Å². The lowest BCUT2D eigenvalue weighted by molar-refractivity contribution is 0.199. The van der Waals surface area contributed by atoms with Gasteiger partial charge in [-0.05, 0) is 63.3 Å². The Morgan fingerprint density at radius 3 is 2.35 bits per heavy atom. The zero-order chi connectivity index (χ0) is 16.2. The summed E-state index contributed by atoms with van der Waals surface area (Å²) in [6.45, 7) is 4.16. The smallest absolute Gasteiger partial charge is 0.166 e. The Balaban J connectivity index is 1.95. The fraction of sp³-hybridized carbons (Fsp3) is 0.400. The molecule has 3 nitrogen and oxygen atoms in total. The van der Waals surface area contributed by atoms with Gasteiger partial charge < -0.3 is 14.8 Å². The molecule has 0 aromatic heterocycles. The first-order valence-electron chi connectivity index (χ1n) is 8.36. The van der Waals surface area contributed by atoms with Crippen LogP contribution in [-0.4, -0.2) is 13.2 Å². The summed E-state index contributed by atoms with van der Waals surface area (Å²) < 4.78 is 11.9. The largest absolute Gasteiger partial charge is 0.493 e. The Labute approximate surface area is 138 Å². The van der Waals surface area contributed by atoms with Gasteiger partial charge in [-0.3, -0.25) is 0 Å². The van der Waals surface area contributed by atoms with Crippen LogP contribution in [0.25, 0.3) is 0 Å². The molecule has 0 spiro atoms. The van der Waals surface area contributed by atoms with E-state index in [0.29, 0.717) is 6.10 Å². The van der Waals surface area contributed by atoms with Gasteiger partial charge in [0.2, 0.25) is 0 Å². The van der Waals surface area contributed by atoms with Crippen LogP contribution < -0.4 is 14.8 Å². The monoisotopic (exact) mass is 311 g/mol. The van der Waals surface area contributed by atoms with Gasteiger partial charge in [-0.15, -0.1) is 0 Å². The highest BCUT2D eigenvalue weighted by Gasteiger charge is 2.22. The Morgan fingerprint density at radius 1 is 1.00 bits per heavy atom. The Bertz CT molecular complexity index is 661. The maximum Gasteiger partial charge on any atom is 0.166 e. The predicted molar refractivity (Wildman–Crippen MR) is 95.1 cm³/mol. The molecule has 0 amide bonds. The van der Waals surface area contributed by atoms with Crippen molar-refractivity contribution >= 4 is 11.4 Å². The highest BCUT2D eigenvalue weighted by Crippen LogP contribution is 2.41. The molecule has 23 heavy (non-hydrogen) atoms. The summed E-state index contributed by atoms with van der Waals surface area (Å²) in [4.78, 5) is 0. The van der Waals surface area contributed by atoms with E-state index >= 15 is 0 Å². The van der Waals surface area contributed by atoms with Crippen molar-refractivity contribution < 1.29 is 9.47 Å². The third kappa shape index (κ3) is 3.44. The standard InChI is InChI=1S/C20H25NO2/c1-14-13-18(21-16-9-5-4-6-10-16)15(2)20(19(14)22-3)23-17-11-7-8-12-17/h4-6,9-10,13,17,21H,7-8,11-12H2,1-3H3. The molecule has 0 atom stereocenters. The van der Waals surface area contributed by atoms with Crippen LogP contribution in [0, 0.1) is 13.8 Å². The molecule has 2 aromatic carbocycles. The van der Waals surface area contributed by atoms with Crippen molar-refractivity contribution in [2.45, 2.75) is 45.6 Å². The number of aryl methyl sites for hydroxylation is 1. The number of nitrogens with one attached hydrogen (secondary N) is 1. The van der Waals surface area contributed by atoms with Gasteiger partial charge in [0.15, 0.2) is 11.5 Å². The summed E-state index contributed by atoms with van der Waals surface area (Å²) in [5.41, 5.74) is 4.34. The molecule has 1 N–H and O–H groups in total. The van der Waals surface area contributed by atoms with E-state index in [1.165, 1.54) is 12.8 Å². The molecule has 1 saturated carbocycles. The summed E-state index contributed by atoms with van der Waals surface area (Å²) in [5.74, 6) is 1.74. The van der Waals surface area contributed by atoms with Gasteiger partial charge in [-0.25, -0.2) is 0 Å². The minimum atomic E-state index is 0.314. The van der Waals surface area contributed by atoms with Crippen molar-refractivity contribution in [3.63, 3.8) is 0 Å². The second kappa shape index (κ2) is 6.95. The van der Waals surface area contributed by atoms with Gasteiger partial charge in [0.25, 0.3) is 0 Å². The average molecular weight is 311 g/mol. The van der Waals surface area contributed by atoms with Gasteiger partial charge in [-0.1, -0.05) is 18.2 Å². The third-order valence-electron chi connectivity index (χ3n) is 4.51. The fourth-order valence-electron chi connectivity index (χ4n) is 3.24. The van der Waals surface area contributed by atoms with Gasteiger partial charge in [0.1, 0.15) is 0 Å². The van der Waals surface area contributed by atoms with Crippen molar-refractivity contribution in [2.75, 3.05) is 12.4 Å². The molecule has 3 rings (SSSR count). The number of anilines is 2. The van der Waals surface area contributed by atoms with E-state index in [9.17, 15) is 0 Å². The number of hydrogen-bond donors (Lipinski definition) is 1. The second-order valence-corrected chi connectivity index (χ2v) is 6.24. The van der Waals surface area contributed by atoms with Gasteiger partial charge in [0, 0.05) is 16.9 Å². The van der Waals surface area contributed by atoms with E-state index in [1.54, 1.807) is 7.11 Å². The molecular formula is C20H25NO2. The van der Waals surface area contributed by atoms with E-state index in [0.717, 1.165) is 46.8 Å².